The van der Waals surface area contributed by atoms with E-state index in [0.717, 1.165) is 11.3 Å². The third-order valence-corrected chi connectivity index (χ3v) is 3.65. The number of nitrogens with zero attached hydrogens (tertiary/aromatic N) is 1. The summed E-state index contributed by atoms with van der Waals surface area (Å²) < 4.78 is 9.41. The van der Waals surface area contributed by atoms with E-state index in [1.54, 1.807) is 14.0 Å². The molecule has 0 aliphatic carbocycles. The Morgan fingerprint density at radius 2 is 2.15 bits per heavy atom. The predicted octanol–water partition coefficient (Wildman–Crippen LogP) is 1.15. The van der Waals surface area contributed by atoms with Gasteiger partial charge in [0.2, 0.25) is 5.91 Å². The van der Waals surface area contributed by atoms with Gasteiger partial charge in [0.05, 0.1) is 13.7 Å². The first kappa shape index (κ1) is 16.7. The van der Waals surface area contributed by atoms with Crippen LogP contribution >= 0.6 is 22.9 Å². The third-order valence-electron chi connectivity index (χ3n) is 2.30. The molecule has 7 nitrogen and oxygen atoms in total. The van der Waals surface area contributed by atoms with Crippen molar-refractivity contribution in [1.82, 2.24) is 10.3 Å². The quantitative estimate of drug-likeness (QED) is 0.578. The number of methoxy groups -OCH3 is 2. The molecule has 1 aromatic rings. The highest BCUT2D eigenvalue weighted by molar-refractivity contribution is 7.18. The molecule has 0 aliphatic heterocycles. The number of esters is 1. The molecule has 9 heteroatoms. The number of hydrogen-bond acceptors (Lipinski definition) is 7. The number of nitrogens with one attached hydrogen (secondary N) is 2. The van der Waals surface area contributed by atoms with E-state index in [9.17, 15) is 9.59 Å². The van der Waals surface area contributed by atoms with Gasteiger partial charge in [-0.3, -0.25) is 4.79 Å². The van der Waals surface area contributed by atoms with Gasteiger partial charge in [0.25, 0.3) is 0 Å². The molecule has 0 aliphatic rings. The van der Waals surface area contributed by atoms with E-state index < -0.39 is 12.0 Å². The number of hydrogen-bond donors (Lipinski definition) is 2. The molecular formula is C11H16ClN3O4S. The summed E-state index contributed by atoms with van der Waals surface area (Å²) in [7, 11) is 2.82. The molecule has 1 rings (SSSR count). The monoisotopic (exact) mass is 321 g/mol. The van der Waals surface area contributed by atoms with Crippen LogP contribution in [-0.4, -0.2) is 50.3 Å². The molecule has 1 heterocycles. The van der Waals surface area contributed by atoms with Crippen molar-refractivity contribution >= 4 is 39.9 Å². The van der Waals surface area contributed by atoms with Crippen LogP contribution < -0.4 is 10.6 Å². The summed E-state index contributed by atoms with van der Waals surface area (Å²) in [5.74, 6) is -0.759. The molecule has 0 spiro atoms. The fourth-order valence-corrected chi connectivity index (χ4v) is 2.45. The summed E-state index contributed by atoms with van der Waals surface area (Å²) in [5, 5.41) is 5.99. The van der Waals surface area contributed by atoms with E-state index in [1.807, 2.05) is 0 Å². The molecule has 112 valence electrons. The number of carbonyl (C=O) groups is 2. The van der Waals surface area contributed by atoms with Crippen LogP contribution in [-0.2, 0) is 14.3 Å². The Hall–Kier alpha value is -1.38. The number of halogens is 1. The van der Waals surface area contributed by atoms with Crippen molar-refractivity contribution in [1.29, 1.82) is 0 Å². The van der Waals surface area contributed by atoms with Crippen LogP contribution in [0.3, 0.4) is 0 Å². The van der Waals surface area contributed by atoms with Gasteiger partial charge in [-0.05, 0) is 6.92 Å². The lowest BCUT2D eigenvalue weighted by molar-refractivity contribution is -0.121. The smallest absolute Gasteiger partial charge is 0.351 e. The molecule has 1 unspecified atom stereocenters. The maximum Gasteiger partial charge on any atom is 0.351 e. The second kappa shape index (κ2) is 8.03. The maximum absolute atomic E-state index is 11.7. The summed E-state index contributed by atoms with van der Waals surface area (Å²) in [5.41, 5.74) is 0. The van der Waals surface area contributed by atoms with Gasteiger partial charge in [-0.15, -0.1) is 0 Å². The van der Waals surface area contributed by atoms with Gasteiger partial charge in [-0.1, -0.05) is 22.9 Å². The molecule has 0 aromatic carbocycles. The average molecular weight is 322 g/mol. The minimum absolute atomic E-state index is 0.0522. The van der Waals surface area contributed by atoms with Crippen LogP contribution in [0, 0.1) is 0 Å². The topological polar surface area (TPSA) is 89.5 Å². The van der Waals surface area contributed by atoms with E-state index in [-0.39, 0.29) is 15.9 Å². The van der Waals surface area contributed by atoms with Crippen molar-refractivity contribution in [3.05, 3.63) is 10.0 Å². The van der Waals surface area contributed by atoms with Crippen LogP contribution in [0.1, 0.15) is 16.6 Å². The first-order valence-corrected chi connectivity index (χ1v) is 6.96. The number of aromatic nitrogens is 1. The molecule has 0 radical (unpaired) electrons. The Balaban J connectivity index is 2.60. The van der Waals surface area contributed by atoms with E-state index in [2.05, 4.69) is 20.4 Å². The second-order valence-electron chi connectivity index (χ2n) is 3.78. The Morgan fingerprint density at radius 3 is 2.75 bits per heavy atom. The maximum atomic E-state index is 11.7. The van der Waals surface area contributed by atoms with Crippen molar-refractivity contribution in [3.8, 4) is 0 Å². The zero-order valence-electron chi connectivity index (χ0n) is 11.4. The normalized spacial score (nSPS) is 11.8. The third kappa shape index (κ3) is 4.62. The molecule has 20 heavy (non-hydrogen) atoms. The zero-order valence-corrected chi connectivity index (χ0v) is 12.9. The lowest BCUT2D eigenvalue weighted by Gasteiger charge is -2.12. The van der Waals surface area contributed by atoms with Crippen molar-refractivity contribution in [2.24, 2.45) is 0 Å². The highest BCUT2D eigenvalue weighted by Gasteiger charge is 2.20. The van der Waals surface area contributed by atoms with Gasteiger partial charge >= 0.3 is 5.97 Å². The Bertz CT molecular complexity index is 480. The number of ether oxygens (including phenoxy) is 2. The fraction of sp³-hybridized carbons (Fsp3) is 0.545. The van der Waals surface area contributed by atoms with Crippen LogP contribution in [0.2, 0.25) is 5.15 Å². The van der Waals surface area contributed by atoms with E-state index in [4.69, 9.17) is 16.3 Å². The van der Waals surface area contributed by atoms with Gasteiger partial charge in [-0.2, -0.15) is 0 Å². The SMILES string of the molecule is COCCNC(=O)C(C)Nc1nc(Cl)c(C(=O)OC)s1. The Morgan fingerprint density at radius 1 is 1.45 bits per heavy atom. The van der Waals surface area contributed by atoms with Crippen molar-refractivity contribution < 1.29 is 19.1 Å². The van der Waals surface area contributed by atoms with Crippen LogP contribution in [0.5, 0.6) is 0 Å². The molecule has 1 amide bonds. The van der Waals surface area contributed by atoms with Crippen molar-refractivity contribution in [2.75, 3.05) is 32.7 Å². The fourth-order valence-electron chi connectivity index (χ4n) is 1.26. The molecule has 1 aromatic heterocycles. The van der Waals surface area contributed by atoms with Crippen molar-refractivity contribution in [2.45, 2.75) is 13.0 Å². The number of thiazole rings is 1. The largest absolute Gasteiger partial charge is 0.465 e. The van der Waals surface area contributed by atoms with Crippen LogP contribution in [0.4, 0.5) is 5.13 Å². The molecule has 0 fully saturated rings. The van der Waals surface area contributed by atoms with Crippen LogP contribution in [0.15, 0.2) is 0 Å². The standard InChI is InChI=1S/C11H16ClN3O4S/c1-6(9(16)13-4-5-18-2)14-11-15-8(12)7(20-11)10(17)19-3/h6H,4-5H2,1-3H3,(H,13,16)(H,14,15). The summed E-state index contributed by atoms with van der Waals surface area (Å²) >= 11 is 6.86. The minimum Gasteiger partial charge on any atom is -0.465 e. The highest BCUT2D eigenvalue weighted by Crippen LogP contribution is 2.27. The van der Waals surface area contributed by atoms with E-state index >= 15 is 0 Å². The predicted molar refractivity (Wildman–Crippen MR) is 76.4 cm³/mol. The molecule has 0 saturated carbocycles. The lowest BCUT2D eigenvalue weighted by atomic mass is 10.3. The number of amides is 1. The first-order chi connectivity index (χ1) is 9.49. The van der Waals surface area contributed by atoms with Gasteiger partial charge in [0.1, 0.15) is 6.04 Å². The number of rotatable bonds is 7. The lowest BCUT2D eigenvalue weighted by Crippen LogP contribution is -2.39. The zero-order chi connectivity index (χ0) is 15.1. The molecule has 0 saturated heterocycles. The van der Waals surface area contributed by atoms with Crippen molar-refractivity contribution in [3.63, 3.8) is 0 Å². The Labute approximate surface area is 125 Å². The van der Waals surface area contributed by atoms with Crippen LogP contribution in [0.25, 0.3) is 0 Å². The summed E-state index contributed by atoms with van der Waals surface area (Å²) in [4.78, 5) is 27.3. The van der Waals surface area contributed by atoms with Gasteiger partial charge in [-0.25, -0.2) is 9.78 Å². The minimum atomic E-state index is -0.558. The summed E-state index contributed by atoms with van der Waals surface area (Å²) in [6.45, 7) is 2.54. The highest BCUT2D eigenvalue weighted by atomic mass is 35.5. The van der Waals surface area contributed by atoms with E-state index in [0.29, 0.717) is 18.3 Å². The first-order valence-electron chi connectivity index (χ1n) is 5.77. The van der Waals surface area contributed by atoms with Gasteiger partial charge in [0, 0.05) is 13.7 Å². The molecule has 0 bridgehead atoms. The summed E-state index contributed by atoms with van der Waals surface area (Å²) in [6.07, 6.45) is 0. The molecular weight excluding hydrogens is 306 g/mol. The second-order valence-corrected chi connectivity index (χ2v) is 5.14. The summed E-state index contributed by atoms with van der Waals surface area (Å²) in [6, 6.07) is -0.514. The molecule has 2 N–H and O–H groups in total. The number of anilines is 1. The van der Waals surface area contributed by atoms with Gasteiger partial charge < -0.3 is 20.1 Å². The van der Waals surface area contributed by atoms with Gasteiger partial charge in [0.15, 0.2) is 15.2 Å². The Kier molecular flexibility index (Phi) is 6.69. The average Bonchev–Trinajstić information content (AvgIpc) is 2.78. The van der Waals surface area contributed by atoms with E-state index in [1.165, 1.54) is 7.11 Å². The molecule has 1 atom stereocenters. The number of carbonyl (C=O) groups excluding carboxylic acids is 2.